The van der Waals surface area contributed by atoms with Gasteiger partial charge in [-0.05, 0) is 36.6 Å². The van der Waals surface area contributed by atoms with Crippen molar-refractivity contribution in [2.24, 2.45) is 0 Å². The van der Waals surface area contributed by atoms with E-state index in [1.165, 1.54) is 16.7 Å². The van der Waals surface area contributed by atoms with Crippen LogP contribution in [0.25, 0.3) is 22.0 Å². The molecule has 2 aromatic heterocycles. The van der Waals surface area contributed by atoms with E-state index in [1.807, 2.05) is 32.2 Å². The van der Waals surface area contributed by atoms with Gasteiger partial charge in [0.1, 0.15) is 16.6 Å². The monoisotopic (exact) mass is 475 g/mol. The number of fused-ring (bicyclic) bond motifs is 1. The third-order valence-electron chi connectivity index (χ3n) is 5.85. The smallest absolute Gasteiger partial charge is 0.282 e. The second-order valence-corrected chi connectivity index (χ2v) is 9.57. The molecule has 1 amide bonds. The number of aromatic nitrogens is 4. The summed E-state index contributed by atoms with van der Waals surface area (Å²) in [5.41, 5.74) is 1.95. The van der Waals surface area contributed by atoms with Gasteiger partial charge >= 0.3 is 0 Å². The number of rotatable bonds is 11. The van der Waals surface area contributed by atoms with Crippen LogP contribution in [0.3, 0.4) is 0 Å². The molecular weight excluding hydrogens is 446 g/mol. The fraction of sp³-hybridized carbons (Fsp3) is 0.346. The van der Waals surface area contributed by atoms with Crippen LogP contribution >= 0.6 is 11.3 Å². The molecule has 0 aliphatic heterocycles. The van der Waals surface area contributed by atoms with Gasteiger partial charge < -0.3 is 10.3 Å². The number of carbonyl (C=O) groups excluding carboxylic acids is 2. The van der Waals surface area contributed by atoms with Crippen LogP contribution in [-0.2, 0) is 4.79 Å². The van der Waals surface area contributed by atoms with E-state index in [2.05, 4.69) is 55.8 Å². The van der Waals surface area contributed by atoms with E-state index >= 15 is 0 Å². The lowest BCUT2D eigenvalue weighted by molar-refractivity contribution is -0.118. The number of carbonyl (C=O) groups is 2. The molecule has 4 rings (SSSR count). The van der Waals surface area contributed by atoms with Gasteiger partial charge in [-0.2, -0.15) is 0 Å². The number of hydrogen-bond donors (Lipinski definition) is 2. The summed E-state index contributed by atoms with van der Waals surface area (Å²) in [4.78, 5) is 32.4. The van der Waals surface area contributed by atoms with Crippen LogP contribution in [0.2, 0.25) is 0 Å². The topological polar surface area (TPSA) is 101 Å². The number of unbranched alkanes of at least 4 members (excludes halogenated alkanes) is 2. The summed E-state index contributed by atoms with van der Waals surface area (Å²) in [6.07, 6.45) is 6.40. The third-order valence-corrected chi connectivity index (χ3v) is 6.69. The van der Waals surface area contributed by atoms with Crippen LogP contribution in [-0.4, -0.2) is 31.9 Å². The molecule has 0 fully saturated rings. The van der Waals surface area contributed by atoms with E-state index in [4.69, 9.17) is 0 Å². The Kier molecular flexibility index (Phi) is 7.80. The highest BCUT2D eigenvalue weighted by Gasteiger charge is 2.21. The van der Waals surface area contributed by atoms with Crippen LogP contribution < -0.4 is 5.32 Å². The zero-order valence-corrected chi connectivity index (χ0v) is 20.3. The second-order valence-electron chi connectivity index (χ2n) is 8.39. The van der Waals surface area contributed by atoms with Crippen molar-refractivity contribution in [3.63, 3.8) is 0 Å². The minimum atomic E-state index is -0.284. The molecule has 176 valence electrons. The van der Waals surface area contributed by atoms with Crippen LogP contribution in [0.15, 0.2) is 48.7 Å². The Balaban J connectivity index is 1.49. The van der Waals surface area contributed by atoms with Crippen LogP contribution in [0.4, 0.5) is 0 Å². The number of nitrogens with zero attached hydrogens (tertiary/aromatic N) is 3. The highest BCUT2D eigenvalue weighted by atomic mass is 32.1. The first-order chi connectivity index (χ1) is 16.5. The molecule has 2 heterocycles. The van der Waals surface area contributed by atoms with E-state index in [-0.39, 0.29) is 11.9 Å². The Morgan fingerprint density at radius 2 is 1.88 bits per heavy atom. The maximum atomic E-state index is 12.8. The molecule has 2 N–H and O–H groups in total. The summed E-state index contributed by atoms with van der Waals surface area (Å²) in [6.45, 7) is 3.72. The summed E-state index contributed by atoms with van der Waals surface area (Å²) in [5.74, 6) is 0.755. The molecule has 1 atom stereocenters. The van der Waals surface area contributed by atoms with Crippen molar-refractivity contribution in [2.45, 2.75) is 58.4 Å². The Hall–Kier alpha value is -3.39. The van der Waals surface area contributed by atoms with E-state index in [9.17, 15) is 9.59 Å². The SMILES string of the molecule is CCC(=O)CCCCC[C@H](NC(=O)c1nnc(C)s1)c1ncc(-c2ccc3ccccc3c2)[nH]1. The zero-order valence-electron chi connectivity index (χ0n) is 19.5. The normalized spacial score (nSPS) is 12.1. The minimum Gasteiger partial charge on any atom is -0.340 e. The van der Waals surface area contributed by atoms with Gasteiger partial charge in [0.15, 0.2) is 0 Å². The number of aryl methyl sites for hydroxylation is 1. The van der Waals surface area contributed by atoms with Crippen molar-refractivity contribution in [1.29, 1.82) is 0 Å². The average Bonchev–Trinajstić information content (AvgIpc) is 3.52. The van der Waals surface area contributed by atoms with Crippen LogP contribution in [0.1, 0.15) is 72.1 Å². The Bertz CT molecular complexity index is 1280. The van der Waals surface area contributed by atoms with Crippen molar-refractivity contribution in [2.75, 3.05) is 0 Å². The van der Waals surface area contributed by atoms with Crippen molar-refractivity contribution in [1.82, 2.24) is 25.5 Å². The van der Waals surface area contributed by atoms with Crippen LogP contribution in [0, 0.1) is 6.92 Å². The fourth-order valence-electron chi connectivity index (χ4n) is 3.93. The molecule has 0 unspecified atom stereocenters. The Labute approximate surface area is 203 Å². The third kappa shape index (κ3) is 5.94. The predicted octanol–water partition coefficient (Wildman–Crippen LogP) is 5.79. The van der Waals surface area contributed by atoms with Gasteiger partial charge in [0, 0.05) is 18.4 Å². The van der Waals surface area contributed by atoms with Gasteiger partial charge in [-0.25, -0.2) is 4.98 Å². The molecule has 0 radical (unpaired) electrons. The summed E-state index contributed by atoms with van der Waals surface area (Å²) < 4.78 is 0. The molecule has 0 saturated heterocycles. The van der Waals surface area contributed by atoms with Gasteiger partial charge in [-0.15, -0.1) is 10.2 Å². The zero-order chi connectivity index (χ0) is 23.9. The Morgan fingerprint density at radius 1 is 1.06 bits per heavy atom. The molecule has 0 saturated carbocycles. The summed E-state index contributed by atoms with van der Waals surface area (Å²) in [6, 6.07) is 14.3. The molecule has 7 nitrogen and oxygen atoms in total. The summed E-state index contributed by atoms with van der Waals surface area (Å²) >= 11 is 1.27. The van der Waals surface area contributed by atoms with E-state index in [1.54, 1.807) is 0 Å². The standard InChI is InChI=1S/C26H29N5O2S/c1-3-21(32)11-5-4-6-12-22(29-25(33)26-31-30-17(2)34-26)24-27-16-23(28-24)20-14-13-18-9-7-8-10-19(18)15-20/h7-10,13-16,22H,3-6,11-12H2,1-2H3,(H,27,28)(H,29,33)/t22-/m0/s1. The molecule has 0 aliphatic carbocycles. The molecule has 0 aliphatic rings. The van der Waals surface area contributed by atoms with Crippen molar-refractivity contribution in [3.8, 4) is 11.3 Å². The number of H-pyrrole nitrogens is 1. The van der Waals surface area contributed by atoms with Crippen molar-refractivity contribution in [3.05, 3.63) is 64.5 Å². The molecule has 2 aromatic carbocycles. The number of ketones is 1. The predicted molar refractivity (Wildman–Crippen MR) is 135 cm³/mol. The first kappa shape index (κ1) is 23.8. The van der Waals surface area contributed by atoms with Gasteiger partial charge in [-0.3, -0.25) is 9.59 Å². The number of amides is 1. The van der Waals surface area contributed by atoms with Crippen LogP contribution in [0.5, 0.6) is 0 Å². The van der Waals surface area contributed by atoms with Gasteiger partial charge in [-0.1, -0.05) is 67.5 Å². The number of nitrogens with one attached hydrogen (secondary N) is 2. The van der Waals surface area contributed by atoms with Gasteiger partial charge in [0.2, 0.25) is 5.01 Å². The summed E-state index contributed by atoms with van der Waals surface area (Å²) in [5, 5.41) is 14.4. The fourth-order valence-corrected chi connectivity index (χ4v) is 4.52. The van der Waals surface area contributed by atoms with Gasteiger partial charge in [0.05, 0.1) is 17.9 Å². The largest absolute Gasteiger partial charge is 0.340 e. The minimum absolute atomic E-state index is 0.250. The second kappa shape index (κ2) is 11.2. The van der Waals surface area contributed by atoms with E-state index in [0.29, 0.717) is 35.9 Å². The average molecular weight is 476 g/mol. The van der Waals surface area contributed by atoms with Gasteiger partial charge in [0.25, 0.3) is 5.91 Å². The number of Topliss-reactive ketones (excluding diaryl/α,β-unsaturated/α-hetero) is 1. The van der Waals surface area contributed by atoms with Crippen molar-refractivity contribution < 1.29 is 9.59 Å². The molecular formula is C26H29N5O2S. The van der Waals surface area contributed by atoms with Crippen molar-refractivity contribution >= 4 is 33.8 Å². The first-order valence-corrected chi connectivity index (χ1v) is 12.5. The molecule has 0 spiro atoms. The molecule has 34 heavy (non-hydrogen) atoms. The lowest BCUT2D eigenvalue weighted by Gasteiger charge is -2.16. The molecule has 0 bridgehead atoms. The highest BCUT2D eigenvalue weighted by Crippen LogP contribution is 2.26. The first-order valence-electron chi connectivity index (χ1n) is 11.7. The summed E-state index contributed by atoms with van der Waals surface area (Å²) in [7, 11) is 0. The maximum Gasteiger partial charge on any atom is 0.282 e. The maximum absolute atomic E-state index is 12.8. The number of aromatic amines is 1. The number of hydrogen-bond acceptors (Lipinski definition) is 6. The highest BCUT2D eigenvalue weighted by molar-refractivity contribution is 7.13. The molecule has 4 aromatic rings. The van der Waals surface area contributed by atoms with E-state index < -0.39 is 0 Å². The number of imidazole rings is 1. The lowest BCUT2D eigenvalue weighted by Crippen LogP contribution is -2.29. The molecule has 8 heteroatoms. The lowest BCUT2D eigenvalue weighted by atomic mass is 10.0. The Morgan fingerprint density at radius 3 is 2.65 bits per heavy atom. The number of benzene rings is 2. The van der Waals surface area contributed by atoms with E-state index in [0.717, 1.165) is 40.9 Å². The quantitative estimate of drug-likeness (QED) is 0.267.